The van der Waals surface area contributed by atoms with Gasteiger partial charge in [0.05, 0.1) is 24.1 Å². The Morgan fingerprint density at radius 3 is 2.52 bits per heavy atom. The Morgan fingerprint density at radius 2 is 1.87 bits per heavy atom. The van der Waals surface area contributed by atoms with Crippen molar-refractivity contribution in [3.05, 3.63) is 59.7 Å². The summed E-state index contributed by atoms with van der Waals surface area (Å²) in [6, 6.07) is 12.7. The van der Waals surface area contributed by atoms with E-state index in [0.717, 1.165) is 17.4 Å². The van der Waals surface area contributed by atoms with E-state index in [0.29, 0.717) is 13.0 Å². The maximum Gasteiger partial charge on any atom is 0.338 e. The van der Waals surface area contributed by atoms with Crippen molar-refractivity contribution in [3.63, 3.8) is 0 Å². The second kappa shape index (κ2) is 11.2. The summed E-state index contributed by atoms with van der Waals surface area (Å²) in [5.41, 5.74) is 1.02. The molecule has 0 spiro atoms. The van der Waals surface area contributed by atoms with Crippen molar-refractivity contribution < 1.29 is 27.5 Å². The number of carbonyl (C=O) groups excluding carboxylic acids is 2. The SMILES string of the molecule is C#CCNS(=O)(=O)c1cccc(C(=O)OC(C)C(=O)NCCc2ccc(OC)cc2)c1. The van der Waals surface area contributed by atoms with Crippen LogP contribution < -0.4 is 14.8 Å². The third-order valence-electron chi connectivity index (χ3n) is 4.27. The van der Waals surface area contributed by atoms with Crippen molar-refractivity contribution >= 4 is 21.9 Å². The molecular weight excluding hydrogens is 420 g/mol. The molecule has 2 aromatic carbocycles. The molecule has 164 valence electrons. The molecule has 0 bridgehead atoms. The summed E-state index contributed by atoms with van der Waals surface area (Å²) in [6.07, 6.45) is 4.61. The number of nitrogens with one attached hydrogen (secondary N) is 2. The second-order valence-electron chi connectivity index (χ2n) is 6.49. The summed E-state index contributed by atoms with van der Waals surface area (Å²) in [4.78, 5) is 24.4. The smallest absolute Gasteiger partial charge is 0.338 e. The van der Waals surface area contributed by atoms with Crippen LogP contribution in [0.4, 0.5) is 0 Å². The monoisotopic (exact) mass is 444 g/mol. The molecule has 1 amide bonds. The molecule has 0 aromatic heterocycles. The molecule has 0 aliphatic heterocycles. The van der Waals surface area contributed by atoms with E-state index in [4.69, 9.17) is 15.9 Å². The second-order valence-corrected chi connectivity index (χ2v) is 8.26. The largest absolute Gasteiger partial charge is 0.497 e. The lowest BCUT2D eigenvalue weighted by Crippen LogP contribution is -2.37. The van der Waals surface area contributed by atoms with E-state index in [1.165, 1.54) is 25.1 Å². The first-order valence-corrected chi connectivity index (χ1v) is 10.9. The number of ether oxygens (including phenoxy) is 2. The molecule has 1 unspecified atom stereocenters. The predicted molar refractivity (Wildman–Crippen MR) is 115 cm³/mol. The molecule has 0 saturated heterocycles. The summed E-state index contributed by atoms with van der Waals surface area (Å²) in [5.74, 6) is 1.65. The van der Waals surface area contributed by atoms with Crippen molar-refractivity contribution in [2.75, 3.05) is 20.2 Å². The van der Waals surface area contributed by atoms with Crippen LogP contribution in [0.1, 0.15) is 22.8 Å². The fraction of sp³-hybridized carbons (Fsp3) is 0.273. The predicted octanol–water partition coefficient (Wildman–Crippen LogP) is 1.51. The highest BCUT2D eigenvalue weighted by atomic mass is 32.2. The molecule has 8 nitrogen and oxygen atoms in total. The van der Waals surface area contributed by atoms with E-state index in [1.807, 2.05) is 24.3 Å². The normalized spacial score (nSPS) is 11.8. The van der Waals surface area contributed by atoms with Crippen LogP contribution >= 0.6 is 0 Å². The van der Waals surface area contributed by atoms with Gasteiger partial charge >= 0.3 is 5.97 Å². The molecule has 9 heteroatoms. The van der Waals surface area contributed by atoms with Gasteiger partial charge in [-0.15, -0.1) is 6.42 Å². The van der Waals surface area contributed by atoms with Gasteiger partial charge in [-0.25, -0.2) is 13.2 Å². The Kier molecular flexibility index (Phi) is 8.61. The summed E-state index contributed by atoms with van der Waals surface area (Å²) in [6.45, 7) is 1.63. The number of sulfonamides is 1. The number of rotatable bonds is 10. The highest BCUT2D eigenvalue weighted by molar-refractivity contribution is 7.89. The van der Waals surface area contributed by atoms with Crippen LogP contribution in [0.25, 0.3) is 0 Å². The van der Waals surface area contributed by atoms with Crippen molar-refractivity contribution in [1.82, 2.24) is 10.0 Å². The fourth-order valence-corrected chi connectivity index (χ4v) is 3.54. The molecule has 2 N–H and O–H groups in total. The van der Waals surface area contributed by atoms with Gasteiger partial charge in [-0.05, 0) is 49.2 Å². The number of amides is 1. The average Bonchev–Trinajstić information content (AvgIpc) is 2.78. The van der Waals surface area contributed by atoms with Gasteiger partial charge in [0.15, 0.2) is 6.10 Å². The molecule has 0 aliphatic carbocycles. The Balaban J connectivity index is 1.90. The quantitative estimate of drug-likeness (QED) is 0.425. The Hall–Kier alpha value is -3.35. The molecule has 0 heterocycles. The minimum absolute atomic E-state index is 0.00136. The zero-order chi connectivity index (χ0) is 22.9. The van der Waals surface area contributed by atoms with Gasteiger partial charge in [0.25, 0.3) is 5.91 Å². The molecule has 2 aromatic rings. The molecule has 0 fully saturated rings. The number of methoxy groups -OCH3 is 1. The van der Waals surface area contributed by atoms with Gasteiger partial charge in [-0.3, -0.25) is 4.79 Å². The van der Waals surface area contributed by atoms with E-state index in [-0.39, 0.29) is 17.0 Å². The zero-order valence-corrected chi connectivity index (χ0v) is 18.1. The molecule has 0 aliphatic rings. The lowest BCUT2D eigenvalue weighted by Gasteiger charge is -2.14. The van der Waals surface area contributed by atoms with Crippen molar-refractivity contribution in [2.24, 2.45) is 0 Å². The number of carbonyl (C=O) groups is 2. The first-order valence-electron chi connectivity index (χ1n) is 9.41. The maximum absolute atomic E-state index is 12.3. The van der Waals surface area contributed by atoms with Crippen LogP contribution in [0.15, 0.2) is 53.4 Å². The van der Waals surface area contributed by atoms with Gasteiger partial charge in [0.1, 0.15) is 5.75 Å². The first kappa shape index (κ1) is 23.9. The number of terminal acetylenes is 1. The van der Waals surface area contributed by atoms with Crippen LogP contribution in [0.3, 0.4) is 0 Å². The van der Waals surface area contributed by atoms with Crippen LogP contribution in [-0.2, 0) is 26.0 Å². The Labute approximate surface area is 182 Å². The molecule has 2 rings (SSSR count). The highest BCUT2D eigenvalue weighted by Gasteiger charge is 2.20. The number of hydrogen-bond donors (Lipinski definition) is 2. The molecule has 0 radical (unpaired) electrons. The summed E-state index contributed by atoms with van der Waals surface area (Å²) in [7, 11) is -2.27. The third kappa shape index (κ3) is 7.13. The maximum atomic E-state index is 12.3. The lowest BCUT2D eigenvalue weighted by atomic mass is 10.1. The van der Waals surface area contributed by atoms with Crippen LogP contribution in [-0.4, -0.2) is 46.6 Å². The number of esters is 1. The van der Waals surface area contributed by atoms with Crippen molar-refractivity contribution in [3.8, 4) is 18.1 Å². The summed E-state index contributed by atoms with van der Waals surface area (Å²) < 4.78 is 36.7. The third-order valence-corrected chi connectivity index (χ3v) is 5.67. The fourth-order valence-electron chi connectivity index (χ4n) is 2.56. The first-order chi connectivity index (χ1) is 14.8. The zero-order valence-electron chi connectivity index (χ0n) is 17.3. The van der Waals surface area contributed by atoms with E-state index >= 15 is 0 Å². The Morgan fingerprint density at radius 1 is 1.16 bits per heavy atom. The standard InChI is InChI=1S/C22H24N2O6S/c1-4-13-24-31(27,28)20-7-5-6-18(15-20)22(26)30-16(2)21(25)23-14-12-17-8-10-19(29-3)11-9-17/h1,5-11,15-16,24H,12-14H2,2-3H3,(H,23,25). The highest BCUT2D eigenvalue weighted by Crippen LogP contribution is 2.14. The minimum Gasteiger partial charge on any atom is -0.497 e. The van der Waals surface area contributed by atoms with E-state index in [2.05, 4.69) is 16.0 Å². The molecule has 1 atom stereocenters. The van der Waals surface area contributed by atoms with Crippen LogP contribution in [0, 0.1) is 12.3 Å². The van der Waals surface area contributed by atoms with Gasteiger partial charge in [0, 0.05) is 6.54 Å². The minimum atomic E-state index is -3.85. The van der Waals surface area contributed by atoms with Crippen LogP contribution in [0.2, 0.25) is 0 Å². The van der Waals surface area contributed by atoms with Crippen molar-refractivity contribution in [1.29, 1.82) is 0 Å². The van der Waals surface area contributed by atoms with Crippen LogP contribution in [0.5, 0.6) is 5.75 Å². The molecular formula is C22H24N2O6S. The van der Waals surface area contributed by atoms with Gasteiger partial charge < -0.3 is 14.8 Å². The van der Waals surface area contributed by atoms with E-state index in [1.54, 1.807) is 7.11 Å². The van der Waals surface area contributed by atoms with E-state index in [9.17, 15) is 18.0 Å². The van der Waals surface area contributed by atoms with Gasteiger partial charge in [-0.1, -0.05) is 24.1 Å². The van der Waals surface area contributed by atoms with Gasteiger partial charge in [0.2, 0.25) is 10.0 Å². The Bertz CT molecular complexity index is 1060. The van der Waals surface area contributed by atoms with Crippen molar-refractivity contribution in [2.45, 2.75) is 24.3 Å². The average molecular weight is 445 g/mol. The van der Waals surface area contributed by atoms with Gasteiger partial charge in [-0.2, -0.15) is 4.72 Å². The summed E-state index contributed by atoms with van der Waals surface area (Å²) >= 11 is 0. The molecule has 31 heavy (non-hydrogen) atoms. The number of hydrogen-bond acceptors (Lipinski definition) is 6. The summed E-state index contributed by atoms with van der Waals surface area (Å²) in [5, 5.41) is 2.70. The number of benzene rings is 2. The lowest BCUT2D eigenvalue weighted by molar-refractivity contribution is -0.129. The van der Waals surface area contributed by atoms with E-state index < -0.39 is 28.0 Å². The topological polar surface area (TPSA) is 111 Å². The molecule has 0 saturated carbocycles.